The Bertz CT molecular complexity index is 1730. The summed E-state index contributed by atoms with van der Waals surface area (Å²) in [5, 5.41) is 14.2. The van der Waals surface area contributed by atoms with E-state index in [0.717, 1.165) is 5.56 Å². The molecule has 0 aliphatic heterocycles. The zero-order valence-corrected chi connectivity index (χ0v) is 26.1. The third kappa shape index (κ3) is 9.16. The van der Waals surface area contributed by atoms with E-state index in [9.17, 15) is 28.0 Å². The van der Waals surface area contributed by atoms with Crippen LogP contribution in [-0.2, 0) is 30.8 Å². The third-order valence-electron chi connectivity index (χ3n) is 6.93. The summed E-state index contributed by atoms with van der Waals surface area (Å²) in [6.07, 6.45) is -0.873. The Morgan fingerprint density at radius 1 is 0.739 bits per heavy atom. The third-order valence-corrected chi connectivity index (χ3v) is 8.73. The molecule has 0 saturated heterocycles. The number of ether oxygens (including phenoxy) is 2. The number of sulfone groups is 1. The van der Waals surface area contributed by atoms with Crippen LogP contribution in [0.3, 0.4) is 0 Å². The zero-order valence-electron chi connectivity index (χ0n) is 25.3. The molecule has 4 aromatic carbocycles. The Morgan fingerprint density at radius 2 is 1.33 bits per heavy atom. The van der Waals surface area contributed by atoms with Crippen molar-refractivity contribution in [2.75, 3.05) is 5.75 Å². The first kappa shape index (κ1) is 33.7. The SMILES string of the molecule is CC(C)C(NC(=O)OCc1ccccc1)C(=O)NC(CS(=O)(=O)c1ccccc1-c1ccc(Oc2ccccc2)cc1)C(=O)NO. The van der Waals surface area contributed by atoms with Crippen molar-refractivity contribution < 1.29 is 37.5 Å². The molecule has 0 bridgehead atoms. The lowest BCUT2D eigenvalue weighted by Crippen LogP contribution is -2.56. The van der Waals surface area contributed by atoms with Crippen molar-refractivity contribution in [2.45, 2.75) is 37.4 Å². The summed E-state index contributed by atoms with van der Waals surface area (Å²) >= 11 is 0. The van der Waals surface area contributed by atoms with Gasteiger partial charge in [0.25, 0.3) is 5.91 Å². The van der Waals surface area contributed by atoms with Gasteiger partial charge in [0, 0.05) is 5.56 Å². The van der Waals surface area contributed by atoms with Gasteiger partial charge in [-0.2, -0.15) is 0 Å². The van der Waals surface area contributed by atoms with Crippen molar-refractivity contribution in [3.63, 3.8) is 0 Å². The number of hydrogen-bond donors (Lipinski definition) is 4. The van der Waals surface area contributed by atoms with E-state index in [2.05, 4.69) is 10.6 Å². The standard InChI is InChI=1S/C34H35N3O8S/c1-23(2)31(36-34(40)44-21-24-11-5-3-6-12-24)33(39)35-29(32(38)37-41)22-46(42,43)30-16-10-9-15-28(30)25-17-19-27(20-18-25)45-26-13-7-4-8-14-26/h3-20,23,29,31,41H,21-22H2,1-2H3,(H,35,39)(H,36,40)(H,37,38). The van der Waals surface area contributed by atoms with Crippen molar-refractivity contribution in [3.8, 4) is 22.6 Å². The number of nitrogens with one attached hydrogen (secondary N) is 3. The van der Waals surface area contributed by atoms with Crippen molar-refractivity contribution in [2.24, 2.45) is 5.92 Å². The van der Waals surface area contributed by atoms with Crippen LogP contribution in [0.25, 0.3) is 11.1 Å². The number of alkyl carbamates (subject to hydrolysis) is 1. The Hall–Kier alpha value is -5.20. The molecule has 2 atom stereocenters. The van der Waals surface area contributed by atoms with Gasteiger partial charge in [0.15, 0.2) is 9.84 Å². The van der Waals surface area contributed by atoms with Crippen LogP contribution < -0.4 is 20.9 Å². The molecule has 0 spiro atoms. The lowest BCUT2D eigenvalue weighted by atomic mass is 10.0. The van der Waals surface area contributed by atoms with Gasteiger partial charge in [-0.25, -0.2) is 18.7 Å². The molecular weight excluding hydrogens is 610 g/mol. The molecule has 0 radical (unpaired) electrons. The molecule has 0 heterocycles. The second-order valence-corrected chi connectivity index (χ2v) is 12.7. The molecule has 3 amide bonds. The number of carbonyl (C=O) groups excluding carboxylic acids is 3. The Labute approximate surface area is 267 Å². The minimum absolute atomic E-state index is 0.0327. The molecule has 4 N–H and O–H groups in total. The maximum absolute atomic E-state index is 13.7. The van der Waals surface area contributed by atoms with Gasteiger partial charge in [0.05, 0.1) is 10.6 Å². The number of hydroxylamine groups is 1. The van der Waals surface area contributed by atoms with Crippen LogP contribution >= 0.6 is 0 Å². The van der Waals surface area contributed by atoms with Crippen LogP contribution in [0.5, 0.6) is 11.5 Å². The lowest BCUT2D eigenvalue weighted by Gasteiger charge is -2.24. The minimum Gasteiger partial charge on any atom is -0.457 e. The molecule has 240 valence electrons. The fourth-order valence-electron chi connectivity index (χ4n) is 4.56. The average Bonchev–Trinajstić information content (AvgIpc) is 3.06. The number of rotatable bonds is 13. The number of para-hydroxylation sites is 1. The smallest absolute Gasteiger partial charge is 0.408 e. The van der Waals surface area contributed by atoms with E-state index in [1.165, 1.54) is 11.5 Å². The maximum Gasteiger partial charge on any atom is 0.408 e. The second kappa shape index (κ2) is 15.7. The predicted octanol–water partition coefficient (Wildman–Crippen LogP) is 4.86. The highest BCUT2D eigenvalue weighted by atomic mass is 32.2. The molecule has 2 unspecified atom stereocenters. The molecule has 0 aliphatic carbocycles. The van der Waals surface area contributed by atoms with E-state index in [1.807, 2.05) is 36.4 Å². The summed E-state index contributed by atoms with van der Waals surface area (Å²) in [5.74, 6) is -2.12. The molecule has 11 nitrogen and oxygen atoms in total. The van der Waals surface area contributed by atoms with E-state index >= 15 is 0 Å². The highest BCUT2D eigenvalue weighted by Crippen LogP contribution is 2.31. The van der Waals surface area contributed by atoms with Crippen LogP contribution in [0.4, 0.5) is 4.79 Å². The molecule has 0 aromatic heterocycles. The van der Waals surface area contributed by atoms with Gasteiger partial charge in [0.1, 0.15) is 30.2 Å². The monoisotopic (exact) mass is 645 g/mol. The summed E-state index contributed by atoms with van der Waals surface area (Å²) in [4.78, 5) is 38.2. The van der Waals surface area contributed by atoms with E-state index in [0.29, 0.717) is 22.6 Å². The molecule has 46 heavy (non-hydrogen) atoms. The van der Waals surface area contributed by atoms with Crippen LogP contribution in [0.15, 0.2) is 114 Å². The van der Waals surface area contributed by atoms with Gasteiger partial charge in [-0.05, 0) is 47.4 Å². The first-order chi connectivity index (χ1) is 22.1. The minimum atomic E-state index is -4.24. The average molecular weight is 646 g/mol. The van der Waals surface area contributed by atoms with Crippen molar-refractivity contribution in [3.05, 3.63) is 115 Å². The summed E-state index contributed by atoms with van der Waals surface area (Å²) in [6.45, 7) is 3.28. The maximum atomic E-state index is 13.7. The summed E-state index contributed by atoms with van der Waals surface area (Å²) in [7, 11) is -4.24. The molecule has 4 rings (SSSR count). The number of benzene rings is 4. The van der Waals surface area contributed by atoms with E-state index in [4.69, 9.17) is 9.47 Å². The fraction of sp³-hybridized carbons (Fsp3) is 0.206. The van der Waals surface area contributed by atoms with E-state index < -0.39 is 51.5 Å². The van der Waals surface area contributed by atoms with Crippen molar-refractivity contribution in [1.82, 2.24) is 16.1 Å². The predicted molar refractivity (Wildman–Crippen MR) is 171 cm³/mol. The quantitative estimate of drug-likeness (QED) is 0.118. The second-order valence-electron chi connectivity index (χ2n) is 10.7. The van der Waals surface area contributed by atoms with Gasteiger partial charge >= 0.3 is 6.09 Å². The van der Waals surface area contributed by atoms with Crippen molar-refractivity contribution in [1.29, 1.82) is 0 Å². The summed E-state index contributed by atoms with van der Waals surface area (Å²) in [6, 6.07) is 28.3. The Kier molecular flexibility index (Phi) is 11.5. The first-order valence-corrected chi connectivity index (χ1v) is 16.1. The van der Waals surface area contributed by atoms with Gasteiger partial charge < -0.3 is 20.1 Å². The molecular formula is C34H35N3O8S. The summed E-state index contributed by atoms with van der Waals surface area (Å²) in [5.41, 5.74) is 3.10. The van der Waals surface area contributed by atoms with Gasteiger partial charge in [-0.1, -0.05) is 92.7 Å². The Balaban J connectivity index is 1.49. The van der Waals surface area contributed by atoms with Gasteiger partial charge in [-0.3, -0.25) is 14.8 Å². The topological polar surface area (TPSA) is 160 Å². The highest BCUT2D eigenvalue weighted by molar-refractivity contribution is 7.91. The highest BCUT2D eigenvalue weighted by Gasteiger charge is 2.33. The van der Waals surface area contributed by atoms with Crippen molar-refractivity contribution >= 4 is 27.7 Å². The van der Waals surface area contributed by atoms with Crippen LogP contribution in [0.1, 0.15) is 19.4 Å². The molecule has 4 aromatic rings. The molecule has 12 heteroatoms. The number of hydrogen-bond acceptors (Lipinski definition) is 8. The van der Waals surface area contributed by atoms with Gasteiger partial charge in [0.2, 0.25) is 5.91 Å². The zero-order chi connectivity index (χ0) is 33.1. The first-order valence-electron chi connectivity index (χ1n) is 14.4. The normalized spacial score (nSPS) is 12.4. The number of amides is 3. The van der Waals surface area contributed by atoms with E-state index in [1.54, 1.807) is 80.6 Å². The largest absolute Gasteiger partial charge is 0.457 e. The molecule has 0 fully saturated rings. The molecule has 0 saturated carbocycles. The summed E-state index contributed by atoms with van der Waals surface area (Å²) < 4.78 is 38.5. The number of carbonyl (C=O) groups is 3. The Morgan fingerprint density at radius 3 is 1.96 bits per heavy atom. The fourth-order valence-corrected chi connectivity index (χ4v) is 6.22. The van der Waals surface area contributed by atoms with Gasteiger partial charge in [-0.15, -0.1) is 0 Å². The van der Waals surface area contributed by atoms with Crippen LogP contribution in [0, 0.1) is 5.92 Å². The lowest BCUT2D eigenvalue weighted by molar-refractivity contribution is -0.134. The van der Waals surface area contributed by atoms with E-state index in [-0.39, 0.29) is 11.5 Å². The van der Waals surface area contributed by atoms with Crippen LogP contribution in [-0.4, -0.2) is 49.4 Å². The molecule has 0 aliphatic rings. The van der Waals surface area contributed by atoms with Crippen LogP contribution in [0.2, 0.25) is 0 Å².